The summed E-state index contributed by atoms with van der Waals surface area (Å²) in [5.41, 5.74) is 6.89. The van der Waals surface area contributed by atoms with E-state index in [1.54, 1.807) is 0 Å². The molecule has 1 atom stereocenters. The van der Waals surface area contributed by atoms with Crippen LogP contribution >= 0.6 is 0 Å². The van der Waals surface area contributed by atoms with Crippen LogP contribution in [0.2, 0.25) is 0 Å². The smallest absolute Gasteiger partial charge is 0.226 e. The molecular weight excluding hydrogens is 314 g/mol. The first-order valence-corrected chi connectivity index (χ1v) is 8.97. The molecule has 0 aliphatic rings. The Kier molecular flexibility index (Phi) is 8.89. The van der Waals surface area contributed by atoms with Crippen molar-refractivity contribution in [3.8, 4) is 0 Å². The van der Waals surface area contributed by atoms with Gasteiger partial charge in [0, 0.05) is 19.3 Å². The Morgan fingerprint density at radius 1 is 1.08 bits per heavy atom. The van der Waals surface area contributed by atoms with Gasteiger partial charge in [-0.05, 0) is 23.8 Å². The molecule has 0 spiro atoms. The van der Waals surface area contributed by atoms with Crippen molar-refractivity contribution in [3.05, 3.63) is 35.9 Å². The molecule has 1 amide bonds. The molecule has 0 unspecified atom stereocenters. The number of carbonyl (C=O) groups is 2. The maximum Gasteiger partial charge on any atom is 0.226 e. The van der Waals surface area contributed by atoms with E-state index in [1.807, 2.05) is 44.2 Å². The largest absolute Gasteiger partial charge is 0.370 e. The topological polar surface area (TPSA) is 84.6 Å². The normalized spacial score (nSPS) is 13.1. The third-order valence-corrected chi connectivity index (χ3v) is 3.77. The fourth-order valence-corrected chi connectivity index (χ4v) is 2.43. The molecule has 1 rings (SSSR count). The van der Waals surface area contributed by atoms with Crippen LogP contribution in [-0.4, -0.2) is 23.7 Å². The number of nitrogens with one attached hydrogen (secondary N) is 1. The number of carbonyl (C=O) groups excluding carboxylic acids is 2. The Labute approximate surface area is 151 Å². The summed E-state index contributed by atoms with van der Waals surface area (Å²) < 4.78 is 0. The van der Waals surface area contributed by atoms with Gasteiger partial charge in [0.1, 0.15) is 6.04 Å². The Bertz CT molecular complexity index is 580. The van der Waals surface area contributed by atoms with Crippen LogP contribution < -0.4 is 11.1 Å². The van der Waals surface area contributed by atoms with Gasteiger partial charge in [-0.1, -0.05) is 58.0 Å². The fraction of sp³-hybridized carbons (Fsp3) is 0.550. The van der Waals surface area contributed by atoms with Gasteiger partial charge in [0.05, 0.1) is 0 Å². The van der Waals surface area contributed by atoms with E-state index in [0.29, 0.717) is 25.2 Å². The van der Waals surface area contributed by atoms with E-state index >= 15 is 0 Å². The maximum absolute atomic E-state index is 12.6. The van der Waals surface area contributed by atoms with Gasteiger partial charge < -0.3 is 5.73 Å². The second-order valence-electron chi connectivity index (χ2n) is 7.26. The highest BCUT2D eigenvalue weighted by atomic mass is 16.1. The van der Waals surface area contributed by atoms with Crippen molar-refractivity contribution in [2.45, 2.75) is 59.4 Å². The number of nitrogens with zero attached hydrogens (tertiary/aromatic N) is 1. The van der Waals surface area contributed by atoms with E-state index in [0.717, 1.165) is 12.0 Å². The van der Waals surface area contributed by atoms with E-state index in [-0.39, 0.29) is 23.6 Å². The lowest BCUT2D eigenvalue weighted by Gasteiger charge is -2.14. The maximum atomic E-state index is 12.6. The van der Waals surface area contributed by atoms with Crippen molar-refractivity contribution in [1.29, 1.82) is 0 Å². The van der Waals surface area contributed by atoms with Crippen molar-refractivity contribution >= 4 is 17.6 Å². The molecule has 0 radical (unpaired) electrons. The standard InChI is InChI=1S/C20H31N3O2/c1-14(2)10-11-18(24)17(13-16-8-6-5-7-9-16)22-20(21)23-19(25)12-15(3)4/h5-9,14-15,17H,10-13H2,1-4H3,(H3,21,22,23,25)/t17-/m1/s1. The van der Waals surface area contributed by atoms with Crippen LogP contribution in [0.3, 0.4) is 0 Å². The molecule has 0 heterocycles. The minimum absolute atomic E-state index is 0.0180. The number of benzene rings is 1. The molecule has 3 N–H and O–H groups in total. The number of hydrogen-bond donors (Lipinski definition) is 2. The Morgan fingerprint density at radius 2 is 1.72 bits per heavy atom. The van der Waals surface area contributed by atoms with Gasteiger partial charge in [-0.25, -0.2) is 4.99 Å². The molecule has 138 valence electrons. The number of amides is 1. The summed E-state index contributed by atoms with van der Waals surface area (Å²) in [5.74, 6) is 0.585. The predicted octanol–water partition coefficient (Wildman–Crippen LogP) is 3.08. The lowest BCUT2D eigenvalue weighted by atomic mass is 9.97. The molecular formula is C20H31N3O2. The van der Waals surface area contributed by atoms with Crippen LogP contribution in [0.4, 0.5) is 0 Å². The van der Waals surface area contributed by atoms with Crippen LogP contribution in [0.25, 0.3) is 0 Å². The Hall–Kier alpha value is -2.17. The highest BCUT2D eigenvalue weighted by molar-refractivity contribution is 5.97. The first-order chi connectivity index (χ1) is 11.8. The number of rotatable bonds is 9. The van der Waals surface area contributed by atoms with Gasteiger partial charge in [0.2, 0.25) is 5.91 Å². The summed E-state index contributed by atoms with van der Waals surface area (Å²) in [6.07, 6.45) is 2.14. The summed E-state index contributed by atoms with van der Waals surface area (Å²) >= 11 is 0. The summed E-state index contributed by atoms with van der Waals surface area (Å²) in [6.45, 7) is 8.09. The van der Waals surface area contributed by atoms with Crippen LogP contribution in [-0.2, 0) is 16.0 Å². The number of ketones is 1. The molecule has 0 fully saturated rings. The lowest BCUT2D eigenvalue weighted by molar-refractivity contribution is -0.121. The van der Waals surface area contributed by atoms with Gasteiger partial charge in [-0.3, -0.25) is 14.9 Å². The average Bonchev–Trinajstić information content (AvgIpc) is 2.51. The number of Topliss-reactive ketones (excluding diaryl/α,β-unsaturated/α-hetero) is 1. The molecule has 5 nitrogen and oxygen atoms in total. The predicted molar refractivity (Wildman–Crippen MR) is 102 cm³/mol. The summed E-state index contributed by atoms with van der Waals surface area (Å²) in [4.78, 5) is 28.7. The quantitative estimate of drug-likeness (QED) is 0.533. The molecule has 0 saturated carbocycles. The first kappa shape index (κ1) is 20.9. The molecule has 5 heteroatoms. The number of aliphatic imine (C=N–C) groups is 1. The highest BCUT2D eigenvalue weighted by Gasteiger charge is 2.19. The summed E-state index contributed by atoms with van der Waals surface area (Å²) in [7, 11) is 0. The van der Waals surface area contributed by atoms with E-state index in [2.05, 4.69) is 24.2 Å². The Morgan fingerprint density at radius 3 is 2.28 bits per heavy atom. The zero-order chi connectivity index (χ0) is 18.8. The average molecular weight is 345 g/mol. The highest BCUT2D eigenvalue weighted by Crippen LogP contribution is 2.12. The number of nitrogens with two attached hydrogens (primary N) is 1. The zero-order valence-electron chi connectivity index (χ0n) is 15.8. The second-order valence-corrected chi connectivity index (χ2v) is 7.26. The van der Waals surface area contributed by atoms with Crippen LogP contribution in [0.1, 0.15) is 52.5 Å². The van der Waals surface area contributed by atoms with E-state index in [1.165, 1.54) is 0 Å². The van der Waals surface area contributed by atoms with Crippen LogP contribution in [0.15, 0.2) is 35.3 Å². The molecule has 0 aromatic heterocycles. The fourth-order valence-electron chi connectivity index (χ4n) is 2.43. The lowest BCUT2D eigenvalue weighted by Crippen LogP contribution is -2.39. The molecule has 1 aromatic carbocycles. The molecule has 0 bridgehead atoms. The van der Waals surface area contributed by atoms with Gasteiger partial charge >= 0.3 is 0 Å². The van der Waals surface area contributed by atoms with Crippen molar-refractivity contribution < 1.29 is 9.59 Å². The van der Waals surface area contributed by atoms with Crippen molar-refractivity contribution in [2.24, 2.45) is 22.6 Å². The van der Waals surface area contributed by atoms with Crippen molar-refractivity contribution in [2.75, 3.05) is 0 Å². The third-order valence-electron chi connectivity index (χ3n) is 3.77. The van der Waals surface area contributed by atoms with Gasteiger partial charge in [0.25, 0.3) is 0 Å². The van der Waals surface area contributed by atoms with Crippen molar-refractivity contribution in [1.82, 2.24) is 5.32 Å². The van der Waals surface area contributed by atoms with Gasteiger partial charge in [-0.15, -0.1) is 0 Å². The van der Waals surface area contributed by atoms with E-state index < -0.39 is 6.04 Å². The van der Waals surface area contributed by atoms with Crippen LogP contribution in [0.5, 0.6) is 0 Å². The van der Waals surface area contributed by atoms with E-state index in [9.17, 15) is 9.59 Å². The molecule has 25 heavy (non-hydrogen) atoms. The van der Waals surface area contributed by atoms with Gasteiger partial charge in [0.15, 0.2) is 11.7 Å². The summed E-state index contributed by atoms with van der Waals surface area (Å²) in [5, 5.41) is 2.58. The molecule has 0 aliphatic heterocycles. The zero-order valence-corrected chi connectivity index (χ0v) is 15.8. The monoisotopic (exact) mass is 345 g/mol. The molecule has 1 aromatic rings. The van der Waals surface area contributed by atoms with Crippen LogP contribution in [0, 0.1) is 11.8 Å². The van der Waals surface area contributed by atoms with Gasteiger partial charge in [-0.2, -0.15) is 0 Å². The molecule has 0 aliphatic carbocycles. The van der Waals surface area contributed by atoms with Crippen molar-refractivity contribution in [3.63, 3.8) is 0 Å². The summed E-state index contributed by atoms with van der Waals surface area (Å²) in [6, 6.07) is 9.16. The number of hydrogen-bond acceptors (Lipinski definition) is 3. The third kappa shape index (κ3) is 9.03. The SMILES string of the molecule is CC(C)CCC(=O)[C@@H](Cc1ccccc1)N=C(N)NC(=O)CC(C)C. The minimum Gasteiger partial charge on any atom is -0.370 e. The Balaban J connectivity index is 2.83. The molecule has 0 saturated heterocycles. The second kappa shape index (κ2) is 10.6. The first-order valence-electron chi connectivity index (χ1n) is 8.97. The minimum atomic E-state index is -0.569. The number of guanidine groups is 1. The van der Waals surface area contributed by atoms with E-state index in [4.69, 9.17) is 5.73 Å².